The first kappa shape index (κ1) is 15.0. The van der Waals surface area contributed by atoms with E-state index in [1.807, 2.05) is 31.3 Å². The molecule has 4 aromatic rings. The summed E-state index contributed by atoms with van der Waals surface area (Å²) < 4.78 is 3.12. The first-order chi connectivity index (χ1) is 11.7. The molecule has 0 fully saturated rings. The molecule has 0 saturated heterocycles. The monoisotopic (exact) mass is 339 g/mol. The minimum atomic E-state index is 0.148. The lowest BCUT2D eigenvalue weighted by molar-refractivity contribution is 0.287. The van der Waals surface area contributed by atoms with Crippen molar-refractivity contribution in [2.24, 2.45) is 7.05 Å². The average Bonchev–Trinajstić information content (AvgIpc) is 3.16. The van der Waals surface area contributed by atoms with Crippen LogP contribution in [0.5, 0.6) is 0 Å². The van der Waals surface area contributed by atoms with E-state index < -0.39 is 0 Å². The van der Waals surface area contributed by atoms with Crippen LogP contribution in [-0.4, -0.2) is 31.2 Å². The number of aryl methyl sites for hydroxylation is 2. The van der Waals surface area contributed by atoms with Crippen molar-refractivity contribution >= 4 is 38.4 Å². The average molecular weight is 339 g/mol. The summed E-state index contributed by atoms with van der Waals surface area (Å²) in [5.74, 6) is 1.35. The summed E-state index contributed by atoms with van der Waals surface area (Å²) in [5.41, 5.74) is 9.65. The summed E-state index contributed by atoms with van der Waals surface area (Å²) in [4.78, 5) is 14.6. The summed E-state index contributed by atoms with van der Waals surface area (Å²) in [6, 6.07) is 7.89. The third-order valence-electron chi connectivity index (χ3n) is 4.07. The van der Waals surface area contributed by atoms with E-state index in [0.29, 0.717) is 18.7 Å². The molecule has 0 aliphatic carbocycles. The fourth-order valence-electron chi connectivity index (χ4n) is 2.90. The molecule has 0 aliphatic rings. The number of thiophene rings is 1. The molecule has 7 heteroatoms. The number of imidazole rings is 1. The van der Waals surface area contributed by atoms with Crippen molar-refractivity contribution < 1.29 is 5.11 Å². The van der Waals surface area contributed by atoms with E-state index in [0.717, 1.165) is 37.6 Å². The Morgan fingerprint density at radius 2 is 2.17 bits per heavy atom. The van der Waals surface area contributed by atoms with Gasteiger partial charge in [0.05, 0.1) is 26.3 Å². The third-order valence-corrected chi connectivity index (χ3v) is 5.23. The first-order valence-corrected chi connectivity index (χ1v) is 8.57. The highest BCUT2D eigenvalue weighted by Gasteiger charge is 2.18. The Labute approximate surface area is 142 Å². The SMILES string of the molecule is Cn1c(CCCO)nc2c(N)nc3cc(-c4ccccn4)sc3c21. The van der Waals surface area contributed by atoms with Gasteiger partial charge < -0.3 is 15.4 Å². The Morgan fingerprint density at radius 3 is 2.92 bits per heavy atom. The van der Waals surface area contributed by atoms with Crippen LogP contribution in [0, 0.1) is 0 Å². The standard InChI is InChI=1S/C17H17N5OS/c1-22-13(6-4-8-23)21-14-15(22)16-11(20-17(14)18)9-12(24-16)10-5-2-3-7-19-10/h2-3,5,7,9,23H,4,6,8H2,1H3,(H2,18,20). The fourth-order valence-corrected chi connectivity index (χ4v) is 4.05. The molecule has 0 spiro atoms. The van der Waals surface area contributed by atoms with Gasteiger partial charge in [-0.3, -0.25) is 4.98 Å². The van der Waals surface area contributed by atoms with E-state index in [9.17, 15) is 0 Å². The first-order valence-electron chi connectivity index (χ1n) is 7.75. The number of fused-ring (bicyclic) bond motifs is 3. The van der Waals surface area contributed by atoms with Gasteiger partial charge in [-0.25, -0.2) is 9.97 Å². The second-order valence-corrected chi connectivity index (χ2v) is 6.70. The Balaban J connectivity index is 1.96. The Hall–Kier alpha value is -2.51. The maximum absolute atomic E-state index is 9.07. The molecule has 24 heavy (non-hydrogen) atoms. The second-order valence-electron chi connectivity index (χ2n) is 5.65. The zero-order valence-corrected chi connectivity index (χ0v) is 14.0. The van der Waals surface area contributed by atoms with Crippen LogP contribution in [0.25, 0.3) is 31.8 Å². The molecule has 0 amide bonds. The second kappa shape index (κ2) is 5.85. The van der Waals surface area contributed by atoms with Gasteiger partial charge in [0, 0.05) is 26.3 Å². The van der Waals surface area contributed by atoms with Crippen LogP contribution in [0.3, 0.4) is 0 Å². The van der Waals surface area contributed by atoms with Gasteiger partial charge in [0.25, 0.3) is 0 Å². The smallest absolute Gasteiger partial charge is 0.152 e. The predicted octanol–water partition coefficient (Wildman–Crippen LogP) is 2.75. The molecule has 122 valence electrons. The molecule has 6 nitrogen and oxygen atoms in total. The maximum Gasteiger partial charge on any atom is 0.152 e. The van der Waals surface area contributed by atoms with Gasteiger partial charge in [0.1, 0.15) is 11.3 Å². The molecule has 0 unspecified atom stereocenters. The van der Waals surface area contributed by atoms with Crippen LogP contribution in [0.15, 0.2) is 30.5 Å². The molecule has 0 saturated carbocycles. The summed E-state index contributed by atoms with van der Waals surface area (Å²) in [5, 5.41) is 9.07. The molecule has 4 heterocycles. The van der Waals surface area contributed by atoms with E-state index in [1.54, 1.807) is 17.5 Å². The summed E-state index contributed by atoms with van der Waals surface area (Å²) in [6.45, 7) is 0.148. The van der Waals surface area contributed by atoms with Crippen molar-refractivity contribution in [2.45, 2.75) is 12.8 Å². The minimum absolute atomic E-state index is 0.148. The van der Waals surface area contributed by atoms with E-state index in [1.165, 1.54) is 0 Å². The predicted molar refractivity (Wildman–Crippen MR) is 96.9 cm³/mol. The lowest BCUT2D eigenvalue weighted by atomic mass is 10.2. The van der Waals surface area contributed by atoms with Gasteiger partial charge in [-0.15, -0.1) is 11.3 Å². The molecule has 0 aliphatic heterocycles. The minimum Gasteiger partial charge on any atom is -0.396 e. The maximum atomic E-state index is 9.07. The van der Waals surface area contributed by atoms with Gasteiger partial charge >= 0.3 is 0 Å². The highest BCUT2D eigenvalue weighted by Crippen LogP contribution is 2.37. The number of hydrogen-bond acceptors (Lipinski definition) is 6. The van der Waals surface area contributed by atoms with Gasteiger partial charge in [-0.1, -0.05) is 6.07 Å². The number of aliphatic hydroxyl groups is 1. The van der Waals surface area contributed by atoms with Gasteiger partial charge in [0.2, 0.25) is 0 Å². The number of rotatable bonds is 4. The number of pyridine rings is 2. The number of nitrogens with two attached hydrogens (primary N) is 1. The summed E-state index contributed by atoms with van der Waals surface area (Å²) in [6.07, 6.45) is 3.17. The van der Waals surface area contributed by atoms with Gasteiger partial charge in [-0.05, 0) is 24.6 Å². The molecule has 4 aromatic heterocycles. The number of hydrogen-bond donors (Lipinski definition) is 2. The summed E-state index contributed by atoms with van der Waals surface area (Å²) >= 11 is 1.65. The van der Waals surface area contributed by atoms with Crippen LogP contribution in [0.4, 0.5) is 5.82 Å². The van der Waals surface area contributed by atoms with Crippen LogP contribution in [0.2, 0.25) is 0 Å². The van der Waals surface area contributed by atoms with Crippen molar-refractivity contribution in [2.75, 3.05) is 12.3 Å². The van der Waals surface area contributed by atoms with E-state index in [2.05, 4.69) is 19.5 Å². The van der Waals surface area contributed by atoms with Crippen LogP contribution < -0.4 is 5.73 Å². The van der Waals surface area contributed by atoms with E-state index in [4.69, 9.17) is 10.8 Å². The molecule has 0 bridgehead atoms. The number of nitrogen functional groups attached to an aromatic ring is 1. The van der Waals surface area contributed by atoms with Crippen LogP contribution in [-0.2, 0) is 13.5 Å². The molecular weight excluding hydrogens is 322 g/mol. The van der Waals surface area contributed by atoms with Gasteiger partial charge in [-0.2, -0.15) is 0 Å². The molecule has 0 aromatic carbocycles. The van der Waals surface area contributed by atoms with Crippen molar-refractivity contribution in [1.82, 2.24) is 19.5 Å². The molecule has 0 atom stereocenters. The van der Waals surface area contributed by atoms with Crippen molar-refractivity contribution in [3.05, 3.63) is 36.3 Å². The number of nitrogens with zero attached hydrogens (tertiary/aromatic N) is 4. The number of aliphatic hydroxyl groups excluding tert-OH is 1. The Bertz CT molecular complexity index is 1020. The van der Waals surface area contributed by atoms with E-state index >= 15 is 0 Å². The molecular formula is C17H17N5OS. The van der Waals surface area contributed by atoms with Crippen molar-refractivity contribution in [3.63, 3.8) is 0 Å². The quantitative estimate of drug-likeness (QED) is 0.597. The summed E-state index contributed by atoms with van der Waals surface area (Å²) in [7, 11) is 1.99. The normalized spacial score (nSPS) is 11.6. The Kier molecular flexibility index (Phi) is 3.66. The lowest BCUT2D eigenvalue weighted by Crippen LogP contribution is -1.99. The van der Waals surface area contributed by atoms with Gasteiger partial charge in [0.15, 0.2) is 5.82 Å². The lowest BCUT2D eigenvalue weighted by Gasteiger charge is -2.01. The third kappa shape index (κ3) is 2.33. The number of anilines is 1. The highest BCUT2D eigenvalue weighted by molar-refractivity contribution is 7.23. The number of aromatic nitrogens is 4. The largest absolute Gasteiger partial charge is 0.396 e. The molecule has 4 rings (SSSR count). The zero-order chi connectivity index (χ0) is 16.7. The van der Waals surface area contributed by atoms with Crippen LogP contribution >= 0.6 is 11.3 Å². The topological polar surface area (TPSA) is 89.8 Å². The van der Waals surface area contributed by atoms with Crippen molar-refractivity contribution in [1.29, 1.82) is 0 Å². The fraction of sp³-hybridized carbons (Fsp3) is 0.235. The van der Waals surface area contributed by atoms with E-state index in [-0.39, 0.29) is 6.61 Å². The molecule has 3 N–H and O–H groups in total. The zero-order valence-electron chi connectivity index (χ0n) is 13.2. The van der Waals surface area contributed by atoms with Crippen molar-refractivity contribution in [3.8, 4) is 10.6 Å². The molecule has 0 radical (unpaired) electrons. The van der Waals surface area contributed by atoms with Crippen LogP contribution in [0.1, 0.15) is 12.2 Å². The highest BCUT2D eigenvalue weighted by atomic mass is 32.1. The Morgan fingerprint density at radius 1 is 1.29 bits per heavy atom.